The standard InChI is InChI=1S/C13H26.C5H10O2/c1-2-3-7-10-13-11-8-5-4-6-9-12-13;1-5(2,3)7-4-6/h13H,2-12H2,1H3;4H,1-3H3. The lowest BCUT2D eigenvalue weighted by Crippen LogP contribution is -2.17. The third-order valence-corrected chi connectivity index (χ3v) is 3.84. The van der Waals surface area contributed by atoms with Gasteiger partial charge in [0.25, 0.3) is 6.47 Å². The number of unbranched alkanes of at least 4 members (excludes halogenated alkanes) is 2. The van der Waals surface area contributed by atoms with Crippen molar-refractivity contribution in [2.45, 2.75) is 104 Å². The fourth-order valence-electron chi connectivity index (χ4n) is 2.66. The van der Waals surface area contributed by atoms with Crippen LogP contribution in [0, 0.1) is 5.92 Å². The average Bonchev–Trinajstić information content (AvgIpc) is 2.31. The first-order valence-corrected chi connectivity index (χ1v) is 8.61. The van der Waals surface area contributed by atoms with Crippen molar-refractivity contribution in [1.29, 1.82) is 0 Å². The van der Waals surface area contributed by atoms with E-state index in [-0.39, 0.29) is 5.60 Å². The van der Waals surface area contributed by atoms with Crippen LogP contribution in [0.25, 0.3) is 0 Å². The maximum atomic E-state index is 9.60. The molecule has 0 unspecified atom stereocenters. The summed E-state index contributed by atoms with van der Waals surface area (Å²) >= 11 is 0. The van der Waals surface area contributed by atoms with Gasteiger partial charge in [-0.1, -0.05) is 77.6 Å². The third kappa shape index (κ3) is 13.9. The predicted octanol–water partition coefficient (Wildman–Crippen LogP) is 5.89. The molecular formula is C18H36O2. The first-order valence-electron chi connectivity index (χ1n) is 8.61. The largest absolute Gasteiger partial charge is 0.462 e. The van der Waals surface area contributed by atoms with Crippen molar-refractivity contribution in [1.82, 2.24) is 0 Å². The summed E-state index contributed by atoms with van der Waals surface area (Å²) in [6.45, 7) is 8.22. The summed E-state index contributed by atoms with van der Waals surface area (Å²) < 4.78 is 4.55. The van der Waals surface area contributed by atoms with Gasteiger partial charge in [0, 0.05) is 0 Å². The topological polar surface area (TPSA) is 26.3 Å². The van der Waals surface area contributed by atoms with Crippen LogP contribution in [0.1, 0.15) is 98.3 Å². The maximum Gasteiger partial charge on any atom is 0.293 e. The van der Waals surface area contributed by atoms with Gasteiger partial charge in [-0.25, -0.2) is 0 Å². The summed E-state index contributed by atoms with van der Waals surface area (Å²) in [5.41, 5.74) is -0.318. The monoisotopic (exact) mass is 284 g/mol. The molecule has 0 spiro atoms. The van der Waals surface area contributed by atoms with Crippen molar-refractivity contribution in [3.63, 3.8) is 0 Å². The molecular weight excluding hydrogens is 248 g/mol. The summed E-state index contributed by atoms with van der Waals surface area (Å²) in [4.78, 5) is 9.60. The molecule has 1 aliphatic carbocycles. The van der Waals surface area contributed by atoms with E-state index in [1.165, 1.54) is 70.6 Å². The maximum absolute atomic E-state index is 9.60. The van der Waals surface area contributed by atoms with Crippen LogP contribution in [-0.2, 0) is 9.53 Å². The molecule has 1 rings (SSSR count). The van der Waals surface area contributed by atoms with Gasteiger partial charge in [0.2, 0.25) is 0 Å². The molecule has 1 saturated carbocycles. The molecule has 0 bridgehead atoms. The Balaban J connectivity index is 0.000000441. The van der Waals surface area contributed by atoms with Crippen LogP contribution in [0.4, 0.5) is 0 Å². The lowest BCUT2D eigenvalue weighted by molar-refractivity contribution is -0.138. The van der Waals surface area contributed by atoms with Gasteiger partial charge in [-0.2, -0.15) is 0 Å². The van der Waals surface area contributed by atoms with Gasteiger partial charge in [0.1, 0.15) is 5.60 Å². The minimum atomic E-state index is -0.318. The molecule has 0 saturated heterocycles. The van der Waals surface area contributed by atoms with Gasteiger partial charge in [-0.05, 0) is 26.7 Å². The van der Waals surface area contributed by atoms with E-state index < -0.39 is 0 Å². The second kappa shape index (κ2) is 12.2. The van der Waals surface area contributed by atoms with E-state index in [9.17, 15) is 4.79 Å². The van der Waals surface area contributed by atoms with Crippen LogP contribution < -0.4 is 0 Å². The van der Waals surface area contributed by atoms with Crippen LogP contribution >= 0.6 is 0 Å². The van der Waals surface area contributed by atoms with Gasteiger partial charge in [0.15, 0.2) is 0 Å². The first kappa shape index (κ1) is 19.5. The molecule has 0 aromatic rings. The fraction of sp³-hybridized carbons (Fsp3) is 0.944. The Morgan fingerprint density at radius 1 is 1.00 bits per heavy atom. The number of ether oxygens (including phenoxy) is 1. The molecule has 1 aliphatic rings. The minimum absolute atomic E-state index is 0.318. The zero-order valence-corrected chi connectivity index (χ0v) is 14.2. The summed E-state index contributed by atoms with van der Waals surface area (Å²) in [6.07, 6.45) is 16.4. The summed E-state index contributed by atoms with van der Waals surface area (Å²) in [5, 5.41) is 0. The molecule has 0 atom stereocenters. The van der Waals surface area contributed by atoms with Crippen LogP contribution in [0.3, 0.4) is 0 Å². The zero-order chi connectivity index (χ0) is 15.3. The summed E-state index contributed by atoms with van der Waals surface area (Å²) in [6, 6.07) is 0. The zero-order valence-electron chi connectivity index (χ0n) is 14.2. The SMILES string of the molecule is CC(C)(C)OC=O.CCCCCC1CCCCCCC1. The van der Waals surface area contributed by atoms with E-state index in [1.54, 1.807) is 0 Å². The highest BCUT2D eigenvalue weighted by Gasteiger charge is 2.10. The van der Waals surface area contributed by atoms with E-state index in [0.717, 1.165) is 5.92 Å². The highest BCUT2D eigenvalue weighted by molar-refractivity contribution is 5.37. The molecule has 0 aromatic carbocycles. The van der Waals surface area contributed by atoms with Crippen molar-refractivity contribution in [3.05, 3.63) is 0 Å². The molecule has 0 N–H and O–H groups in total. The molecule has 0 heterocycles. The molecule has 0 amide bonds. The van der Waals surface area contributed by atoms with Gasteiger partial charge >= 0.3 is 0 Å². The normalized spacial score (nSPS) is 17.4. The molecule has 0 aliphatic heterocycles. The molecule has 2 heteroatoms. The van der Waals surface area contributed by atoms with Crippen molar-refractivity contribution in [3.8, 4) is 0 Å². The highest BCUT2D eigenvalue weighted by Crippen LogP contribution is 2.26. The van der Waals surface area contributed by atoms with Gasteiger partial charge in [0.05, 0.1) is 0 Å². The second-order valence-electron chi connectivity index (χ2n) is 7.03. The Morgan fingerprint density at radius 2 is 1.55 bits per heavy atom. The molecule has 1 fully saturated rings. The Morgan fingerprint density at radius 3 is 1.95 bits per heavy atom. The summed E-state index contributed by atoms with van der Waals surface area (Å²) in [5.74, 6) is 1.09. The van der Waals surface area contributed by atoms with E-state index >= 15 is 0 Å². The Labute approximate surface area is 126 Å². The van der Waals surface area contributed by atoms with Crippen LogP contribution in [0.15, 0.2) is 0 Å². The highest BCUT2D eigenvalue weighted by atomic mass is 16.5. The lowest BCUT2D eigenvalue weighted by atomic mass is 9.87. The Hall–Kier alpha value is -0.530. The van der Waals surface area contributed by atoms with Crippen molar-refractivity contribution >= 4 is 6.47 Å². The number of hydrogen-bond donors (Lipinski definition) is 0. The number of carbonyl (C=O) groups excluding carboxylic acids is 1. The van der Waals surface area contributed by atoms with Gasteiger partial charge < -0.3 is 4.74 Å². The number of hydrogen-bond acceptors (Lipinski definition) is 2. The number of carbonyl (C=O) groups is 1. The molecule has 20 heavy (non-hydrogen) atoms. The van der Waals surface area contributed by atoms with Crippen molar-refractivity contribution in [2.75, 3.05) is 0 Å². The van der Waals surface area contributed by atoms with Crippen LogP contribution in [0.5, 0.6) is 0 Å². The smallest absolute Gasteiger partial charge is 0.293 e. The Bertz CT molecular complexity index is 210. The van der Waals surface area contributed by atoms with E-state index in [2.05, 4.69) is 11.7 Å². The quantitative estimate of drug-likeness (QED) is 0.465. The molecule has 2 nitrogen and oxygen atoms in total. The van der Waals surface area contributed by atoms with E-state index in [0.29, 0.717) is 6.47 Å². The van der Waals surface area contributed by atoms with Crippen molar-refractivity contribution < 1.29 is 9.53 Å². The average molecular weight is 284 g/mol. The van der Waals surface area contributed by atoms with Gasteiger partial charge in [-0.3, -0.25) is 4.79 Å². The van der Waals surface area contributed by atoms with Crippen LogP contribution in [0.2, 0.25) is 0 Å². The fourth-order valence-corrected chi connectivity index (χ4v) is 2.66. The van der Waals surface area contributed by atoms with Crippen molar-refractivity contribution in [2.24, 2.45) is 5.92 Å². The number of rotatable bonds is 5. The third-order valence-electron chi connectivity index (χ3n) is 3.84. The molecule has 0 aromatic heterocycles. The molecule has 120 valence electrons. The predicted molar refractivity (Wildman–Crippen MR) is 86.9 cm³/mol. The minimum Gasteiger partial charge on any atom is -0.462 e. The van der Waals surface area contributed by atoms with Crippen LogP contribution in [-0.4, -0.2) is 12.1 Å². The lowest BCUT2D eigenvalue weighted by Gasteiger charge is -2.19. The summed E-state index contributed by atoms with van der Waals surface area (Å²) in [7, 11) is 0. The first-order chi connectivity index (χ1) is 9.49. The van der Waals surface area contributed by atoms with E-state index in [1.807, 2.05) is 20.8 Å². The Kier molecular flexibility index (Phi) is 11.9. The second-order valence-corrected chi connectivity index (χ2v) is 7.03. The molecule has 0 radical (unpaired) electrons. The van der Waals surface area contributed by atoms with E-state index in [4.69, 9.17) is 0 Å². The van der Waals surface area contributed by atoms with Gasteiger partial charge in [-0.15, -0.1) is 0 Å².